The Kier molecular flexibility index (Phi) is 4.41. The Labute approximate surface area is 75.9 Å². The second-order valence-corrected chi connectivity index (χ2v) is 6.92. The van der Waals surface area contributed by atoms with E-state index in [0.29, 0.717) is 0 Å². The predicted molar refractivity (Wildman–Crippen MR) is 58.1 cm³/mol. The monoisotopic (exact) mass is 187 g/mol. The van der Waals surface area contributed by atoms with Crippen molar-refractivity contribution in [1.82, 2.24) is 4.57 Å². The first-order valence-corrected chi connectivity index (χ1v) is 8.09. The van der Waals surface area contributed by atoms with Gasteiger partial charge in [-0.05, 0) is 19.9 Å². The molecule has 0 bridgehead atoms. The summed E-state index contributed by atoms with van der Waals surface area (Å²) in [4.78, 5) is 0. The van der Waals surface area contributed by atoms with E-state index in [1.54, 1.807) is 6.04 Å². The normalized spacial score (nSPS) is 21.3. The average Bonchev–Trinajstić information content (AvgIpc) is 2.52. The first kappa shape index (κ1) is 9.48. The Morgan fingerprint density at radius 2 is 2.09 bits per heavy atom. The highest BCUT2D eigenvalue weighted by atomic mass is 28.2. The van der Waals surface area contributed by atoms with Crippen LogP contribution in [0.5, 0.6) is 0 Å². The van der Waals surface area contributed by atoms with Crippen LogP contribution in [0.2, 0.25) is 12.1 Å². The maximum absolute atomic E-state index is 2.71. The van der Waals surface area contributed by atoms with E-state index in [2.05, 4.69) is 11.6 Å². The third-order valence-corrected chi connectivity index (χ3v) is 7.18. The molecule has 1 saturated carbocycles. The lowest BCUT2D eigenvalue weighted by Gasteiger charge is -2.23. The summed E-state index contributed by atoms with van der Waals surface area (Å²) >= 11 is 0. The van der Waals surface area contributed by atoms with Crippen molar-refractivity contribution >= 4 is 19.9 Å². The maximum Gasteiger partial charge on any atom is 0.0947 e. The Hall–Kier alpha value is 0.394. The Morgan fingerprint density at radius 1 is 1.45 bits per heavy atom. The summed E-state index contributed by atoms with van der Waals surface area (Å²) in [6, 6.07) is 4.09. The first-order chi connectivity index (χ1) is 5.34. The molecule has 0 unspecified atom stereocenters. The summed E-state index contributed by atoms with van der Waals surface area (Å²) in [5.74, 6) is 0. The van der Waals surface area contributed by atoms with E-state index in [0.717, 1.165) is 6.04 Å². The minimum Gasteiger partial charge on any atom is -0.329 e. The molecule has 1 fully saturated rings. The fourth-order valence-corrected chi connectivity index (χ4v) is 4.43. The van der Waals surface area contributed by atoms with Gasteiger partial charge in [-0.1, -0.05) is 24.9 Å². The quantitative estimate of drug-likeness (QED) is 0.566. The third-order valence-electron chi connectivity index (χ3n) is 2.81. The molecule has 0 spiro atoms. The number of hydrogen-bond acceptors (Lipinski definition) is 1. The van der Waals surface area contributed by atoms with Crippen molar-refractivity contribution in [2.45, 2.75) is 43.8 Å². The summed E-state index contributed by atoms with van der Waals surface area (Å²) in [7, 11) is 3.95. The number of nitrogens with zero attached hydrogens (tertiary/aromatic N) is 1. The largest absolute Gasteiger partial charge is 0.329 e. The lowest BCUT2D eigenvalue weighted by atomic mass is 10.3. The summed E-state index contributed by atoms with van der Waals surface area (Å²) in [6.45, 7) is 0. The standard InChI is InChI=1S/C8H21NSi2/c1-9(11-7-6-10)8-4-2-3-5-8/h8H,2-7,11H2,1,10H3. The zero-order valence-corrected chi connectivity index (χ0v) is 11.4. The van der Waals surface area contributed by atoms with Crippen LogP contribution >= 0.6 is 0 Å². The van der Waals surface area contributed by atoms with Crippen molar-refractivity contribution in [2.75, 3.05) is 7.05 Å². The number of rotatable bonds is 4. The van der Waals surface area contributed by atoms with Crippen LogP contribution in [0.15, 0.2) is 0 Å². The van der Waals surface area contributed by atoms with Gasteiger partial charge in [0.05, 0.1) is 9.68 Å². The fraction of sp³-hybridized carbons (Fsp3) is 1.00. The Morgan fingerprint density at radius 3 is 2.64 bits per heavy atom. The van der Waals surface area contributed by atoms with Crippen molar-refractivity contribution < 1.29 is 0 Å². The zero-order valence-electron chi connectivity index (χ0n) is 7.97. The molecule has 0 aromatic carbocycles. The molecule has 0 atom stereocenters. The second kappa shape index (κ2) is 5.11. The molecule has 0 N–H and O–H groups in total. The smallest absolute Gasteiger partial charge is 0.0947 e. The lowest BCUT2D eigenvalue weighted by Crippen LogP contribution is -2.32. The summed E-state index contributed by atoms with van der Waals surface area (Å²) in [6.07, 6.45) is 5.96. The third kappa shape index (κ3) is 3.09. The van der Waals surface area contributed by atoms with E-state index in [9.17, 15) is 0 Å². The van der Waals surface area contributed by atoms with E-state index >= 15 is 0 Å². The Bertz CT molecular complexity index is 102. The average molecular weight is 187 g/mol. The molecule has 11 heavy (non-hydrogen) atoms. The van der Waals surface area contributed by atoms with Crippen LogP contribution in [0, 0.1) is 0 Å². The van der Waals surface area contributed by atoms with Gasteiger partial charge in [0.25, 0.3) is 0 Å². The number of hydrogen-bond donors (Lipinski definition) is 0. The van der Waals surface area contributed by atoms with Gasteiger partial charge in [0.2, 0.25) is 0 Å². The highest BCUT2D eigenvalue weighted by Gasteiger charge is 2.18. The van der Waals surface area contributed by atoms with Crippen LogP contribution in [0.4, 0.5) is 0 Å². The van der Waals surface area contributed by atoms with Gasteiger partial charge in [-0.15, -0.1) is 0 Å². The predicted octanol–water partition coefficient (Wildman–Crippen LogP) is 0.147. The van der Waals surface area contributed by atoms with Crippen LogP contribution in [-0.2, 0) is 0 Å². The fourth-order valence-electron chi connectivity index (χ4n) is 1.94. The maximum atomic E-state index is 2.71. The van der Waals surface area contributed by atoms with Crippen molar-refractivity contribution in [2.24, 2.45) is 0 Å². The topological polar surface area (TPSA) is 3.24 Å². The van der Waals surface area contributed by atoms with Gasteiger partial charge in [-0.3, -0.25) is 0 Å². The van der Waals surface area contributed by atoms with Crippen LogP contribution < -0.4 is 0 Å². The van der Waals surface area contributed by atoms with E-state index in [4.69, 9.17) is 0 Å². The van der Waals surface area contributed by atoms with Crippen LogP contribution in [0.3, 0.4) is 0 Å². The molecule has 1 aliphatic carbocycles. The van der Waals surface area contributed by atoms with Crippen LogP contribution in [0.25, 0.3) is 0 Å². The summed E-state index contributed by atoms with van der Waals surface area (Å²) in [5.41, 5.74) is 0. The molecular formula is C8H21NSi2. The summed E-state index contributed by atoms with van der Waals surface area (Å²) in [5, 5.41) is 0. The van der Waals surface area contributed by atoms with E-state index < -0.39 is 0 Å². The van der Waals surface area contributed by atoms with Crippen molar-refractivity contribution in [1.29, 1.82) is 0 Å². The van der Waals surface area contributed by atoms with Crippen LogP contribution in [-0.4, -0.2) is 37.6 Å². The molecule has 0 aromatic rings. The lowest BCUT2D eigenvalue weighted by molar-refractivity contribution is 0.392. The molecule has 0 heterocycles. The van der Waals surface area contributed by atoms with Gasteiger partial charge in [-0.2, -0.15) is 0 Å². The highest BCUT2D eigenvalue weighted by Crippen LogP contribution is 2.21. The molecular weight excluding hydrogens is 166 g/mol. The second-order valence-electron chi connectivity index (χ2n) is 3.77. The molecule has 0 radical (unpaired) electrons. The zero-order chi connectivity index (χ0) is 8.10. The molecule has 0 amide bonds. The minimum absolute atomic E-state index is 0.174. The van der Waals surface area contributed by atoms with Gasteiger partial charge in [0, 0.05) is 16.3 Å². The molecule has 66 valence electrons. The molecule has 3 heteroatoms. The van der Waals surface area contributed by atoms with Gasteiger partial charge in [0.15, 0.2) is 0 Å². The van der Waals surface area contributed by atoms with Crippen molar-refractivity contribution in [3.05, 3.63) is 0 Å². The van der Waals surface area contributed by atoms with Gasteiger partial charge in [0.1, 0.15) is 0 Å². The molecule has 1 rings (SSSR count). The van der Waals surface area contributed by atoms with Gasteiger partial charge >= 0.3 is 0 Å². The minimum atomic E-state index is 0.174. The van der Waals surface area contributed by atoms with E-state index in [1.165, 1.54) is 42.0 Å². The Balaban J connectivity index is 2.12. The van der Waals surface area contributed by atoms with Crippen molar-refractivity contribution in [3.63, 3.8) is 0 Å². The molecule has 1 nitrogen and oxygen atoms in total. The highest BCUT2D eigenvalue weighted by molar-refractivity contribution is 6.33. The van der Waals surface area contributed by atoms with E-state index in [1.807, 2.05) is 0 Å². The van der Waals surface area contributed by atoms with Gasteiger partial charge in [-0.25, -0.2) is 0 Å². The molecule has 0 aliphatic heterocycles. The SMILES string of the molecule is CN([SiH2]CC[SiH3])C1CCCC1. The summed E-state index contributed by atoms with van der Waals surface area (Å²) < 4.78 is 2.71. The van der Waals surface area contributed by atoms with Crippen molar-refractivity contribution in [3.8, 4) is 0 Å². The van der Waals surface area contributed by atoms with E-state index in [-0.39, 0.29) is 9.68 Å². The van der Waals surface area contributed by atoms with Crippen LogP contribution in [0.1, 0.15) is 25.7 Å². The molecule has 1 aliphatic rings. The molecule has 0 aromatic heterocycles. The van der Waals surface area contributed by atoms with Gasteiger partial charge < -0.3 is 4.57 Å². The molecule has 0 saturated heterocycles. The first-order valence-electron chi connectivity index (χ1n) is 5.05.